The van der Waals surface area contributed by atoms with Crippen molar-refractivity contribution in [2.24, 2.45) is 5.92 Å². The lowest BCUT2D eigenvalue weighted by Crippen LogP contribution is -2.47. The highest BCUT2D eigenvalue weighted by Gasteiger charge is 2.58. The van der Waals surface area contributed by atoms with E-state index < -0.39 is 50.4 Å². The molecule has 0 bridgehead atoms. The first-order chi connectivity index (χ1) is 21.5. The Labute approximate surface area is 274 Å². The van der Waals surface area contributed by atoms with Crippen molar-refractivity contribution in [2.75, 3.05) is 11.8 Å². The first kappa shape index (κ1) is 33.0. The summed E-state index contributed by atoms with van der Waals surface area (Å²) in [6.07, 6.45) is 1.05. The third-order valence-corrected chi connectivity index (χ3v) is 10.3. The summed E-state index contributed by atoms with van der Waals surface area (Å²) in [5, 5.41) is 14.0. The number of rotatable bonds is 8. The van der Waals surface area contributed by atoms with Crippen LogP contribution >= 0.6 is 23.2 Å². The number of sulfonamides is 1. The highest BCUT2D eigenvalue weighted by Crippen LogP contribution is 2.56. The van der Waals surface area contributed by atoms with Crippen LogP contribution in [0.3, 0.4) is 0 Å². The third kappa shape index (κ3) is 5.40. The highest BCUT2D eigenvalue weighted by molar-refractivity contribution is 7.92. The van der Waals surface area contributed by atoms with Crippen LogP contribution in [0.25, 0.3) is 0 Å². The summed E-state index contributed by atoms with van der Waals surface area (Å²) >= 11 is 12.0. The summed E-state index contributed by atoms with van der Waals surface area (Å²) in [5.74, 6) is -5.17. The summed E-state index contributed by atoms with van der Waals surface area (Å²) < 4.78 is 39.8. The Kier molecular flexibility index (Phi) is 8.43. The van der Waals surface area contributed by atoms with E-state index in [9.17, 15) is 32.7 Å². The predicted octanol–water partition coefficient (Wildman–Crippen LogP) is 4.95. The SMILES string of the molecule is COc1cc(O)c2c(c1C(=O)NCc1c(C)cc(NS(=O)(=O)c3ccc(Cl)cc3Cl)cc1C)OC1=CC(=O)C(C(C)=O)C(=O)[C@]12C. The molecule has 0 spiro atoms. The molecule has 1 aliphatic carbocycles. The molecule has 3 aromatic rings. The number of fused-ring (bicyclic) bond motifs is 3. The fourth-order valence-corrected chi connectivity index (χ4v) is 7.66. The number of nitrogens with one attached hydrogen (secondary N) is 2. The van der Waals surface area contributed by atoms with Crippen LogP contribution in [0.4, 0.5) is 5.69 Å². The van der Waals surface area contributed by atoms with Crippen LogP contribution in [0.5, 0.6) is 17.2 Å². The van der Waals surface area contributed by atoms with Crippen molar-refractivity contribution >= 4 is 62.2 Å². The second-order valence-electron chi connectivity index (χ2n) is 11.2. The molecule has 2 aliphatic rings. The van der Waals surface area contributed by atoms with Gasteiger partial charge in [-0.3, -0.25) is 23.9 Å². The number of carbonyl (C=O) groups is 4. The maximum absolute atomic E-state index is 13.7. The highest BCUT2D eigenvalue weighted by atomic mass is 35.5. The van der Waals surface area contributed by atoms with Crippen LogP contribution in [-0.4, -0.2) is 43.9 Å². The average molecular weight is 688 g/mol. The van der Waals surface area contributed by atoms with Crippen LogP contribution in [0.15, 0.2) is 53.1 Å². The molecule has 46 heavy (non-hydrogen) atoms. The molecule has 2 atom stereocenters. The number of halogens is 2. The summed E-state index contributed by atoms with van der Waals surface area (Å²) in [5.41, 5.74) is 0.380. The number of phenolic OH excluding ortho intramolecular Hbond substituents is 1. The van der Waals surface area contributed by atoms with Crippen LogP contribution < -0.4 is 19.5 Å². The number of aryl methyl sites for hydroxylation is 2. The Hall–Kier alpha value is -4.39. The zero-order valence-electron chi connectivity index (χ0n) is 25.2. The molecular weight excluding hydrogens is 659 g/mol. The van der Waals surface area contributed by atoms with Crippen molar-refractivity contribution in [3.63, 3.8) is 0 Å². The molecule has 0 saturated heterocycles. The number of phenols is 1. The van der Waals surface area contributed by atoms with Gasteiger partial charge in [-0.2, -0.15) is 0 Å². The van der Waals surface area contributed by atoms with Gasteiger partial charge in [0.2, 0.25) is 0 Å². The quantitative estimate of drug-likeness (QED) is 0.278. The molecule has 3 aromatic carbocycles. The molecule has 5 rings (SSSR count). The predicted molar refractivity (Wildman–Crippen MR) is 169 cm³/mol. The zero-order valence-corrected chi connectivity index (χ0v) is 27.5. The smallest absolute Gasteiger partial charge is 0.263 e. The van der Waals surface area contributed by atoms with Crippen molar-refractivity contribution in [2.45, 2.75) is 44.6 Å². The lowest BCUT2D eigenvalue weighted by atomic mass is 9.67. The number of hydrogen-bond acceptors (Lipinski definition) is 9. The number of methoxy groups -OCH3 is 1. The van der Waals surface area contributed by atoms with Gasteiger partial charge in [-0.15, -0.1) is 0 Å². The number of ether oxygens (including phenoxy) is 2. The first-order valence-electron chi connectivity index (χ1n) is 13.8. The zero-order chi connectivity index (χ0) is 33.9. The first-order valence-corrected chi connectivity index (χ1v) is 16.0. The number of aromatic hydroxyl groups is 1. The summed E-state index contributed by atoms with van der Waals surface area (Å²) in [4.78, 5) is 51.8. The number of allylic oxidation sites excluding steroid dienone is 2. The molecule has 1 amide bonds. The van der Waals surface area contributed by atoms with Gasteiger partial charge in [-0.1, -0.05) is 23.2 Å². The number of Topliss-reactive ketones (excluding diaryl/α,β-unsaturated/α-hetero) is 2. The van der Waals surface area contributed by atoms with E-state index in [0.29, 0.717) is 21.7 Å². The van der Waals surface area contributed by atoms with Gasteiger partial charge >= 0.3 is 0 Å². The molecule has 0 radical (unpaired) electrons. The summed E-state index contributed by atoms with van der Waals surface area (Å²) in [7, 11) is -2.76. The Morgan fingerprint density at radius 1 is 1.09 bits per heavy atom. The van der Waals surface area contributed by atoms with Gasteiger partial charge in [0.15, 0.2) is 17.3 Å². The molecule has 1 unspecified atom stereocenters. The number of carbonyl (C=O) groups excluding carboxylic acids is 4. The van der Waals surface area contributed by atoms with E-state index in [1.165, 1.54) is 38.3 Å². The molecule has 3 N–H and O–H groups in total. The van der Waals surface area contributed by atoms with E-state index in [4.69, 9.17) is 32.7 Å². The van der Waals surface area contributed by atoms with Gasteiger partial charge in [0, 0.05) is 29.4 Å². The Morgan fingerprint density at radius 2 is 1.74 bits per heavy atom. The van der Waals surface area contributed by atoms with Crippen LogP contribution in [-0.2, 0) is 36.4 Å². The second kappa shape index (κ2) is 11.8. The number of ketones is 3. The molecule has 240 valence electrons. The van der Waals surface area contributed by atoms with Crippen molar-refractivity contribution in [1.82, 2.24) is 5.32 Å². The number of anilines is 1. The largest absolute Gasteiger partial charge is 0.507 e. The van der Waals surface area contributed by atoms with Crippen LogP contribution in [0.2, 0.25) is 10.0 Å². The van der Waals surface area contributed by atoms with Gasteiger partial charge in [0.05, 0.1) is 17.7 Å². The molecule has 0 fully saturated rings. The van der Waals surface area contributed by atoms with Gasteiger partial charge < -0.3 is 19.9 Å². The third-order valence-electron chi connectivity index (χ3n) is 8.15. The summed E-state index contributed by atoms with van der Waals surface area (Å²) in [6.45, 7) is 6.04. The van der Waals surface area contributed by atoms with E-state index >= 15 is 0 Å². The van der Waals surface area contributed by atoms with Gasteiger partial charge in [-0.05, 0) is 74.7 Å². The second-order valence-corrected chi connectivity index (χ2v) is 13.7. The van der Waals surface area contributed by atoms with Crippen molar-refractivity contribution in [1.29, 1.82) is 0 Å². The Bertz CT molecular complexity index is 2000. The lowest BCUT2D eigenvalue weighted by molar-refractivity contribution is -0.140. The molecular formula is C32H28Cl2N2O9S. The Balaban J connectivity index is 1.44. The maximum Gasteiger partial charge on any atom is 0.263 e. The fraction of sp³-hybridized carbons (Fsp3) is 0.250. The van der Waals surface area contributed by atoms with Crippen molar-refractivity contribution in [3.8, 4) is 17.2 Å². The normalized spacial score (nSPS) is 18.7. The fourth-order valence-electron chi connectivity index (χ4n) is 5.84. The van der Waals surface area contributed by atoms with Crippen molar-refractivity contribution in [3.05, 3.63) is 86.1 Å². The Morgan fingerprint density at radius 3 is 2.33 bits per heavy atom. The minimum Gasteiger partial charge on any atom is -0.507 e. The molecule has 14 heteroatoms. The van der Waals surface area contributed by atoms with E-state index in [1.54, 1.807) is 26.0 Å². The monoisotopic (exact) mass is 686 g/mol. The minimum atomic E-state index is -4.04. The van der Waals surface area contributed by atoms with Crippen molar-refractivity contribution < 1.29 is 42.2 Å². The summed E-state index contributed by atoms with van der Waals surface area (Å²) in [6, 6.07) is 8.42. The lowest BCUT2D eigenvalue weighted by Gasteiger charge is -2.30. The number of benzene rings is 3. The molecule has 11 nitrogen and oxygen atoms in total. The van der Waals surface area contributed by atoms with E-state index in [1.807, 2.05) is 0 Å². The standard InChI is InChI=1S/C32H28Cl2N2O9S/c1-14-8-18(36-46(42,43)24-7-6-17(33)10-20(24)34)9-15(2)19(14)13-35-31(41)27-23(44-5)11-22(39)28-29(27)45-25-12-21(38)26(16(3)37)30(40)32(25,28)4/h6-12,26,36,39H,13H2,1-5H3,(H,35,41)/t26?,32-/m1/s1. The number of hydrogen-bond donors (Lipinski definition) is 3. The van der Waals surface area contributed by atoms with E-state index in [2.05, 4.69) is 10.0 Å². The van der Waals surface area contributed by atoms with Gasteiger partial charge in [0.1, 0.15) is 44.8 Å². The minimum absolute atomic E-state index is 0.00482. The van der Waals surface area contributed by atoms with Crippen LogP contribution in [0, 0.1) is 19.8 Å². The van der Waals surface area contributed by atoms with Gasteiger partial charge in [-0.25, -0.2) is 8.42 Å². The molecule has 1 aliphatic heterocycles. The number of amides is 1. The van der Waals surface area contributed by atoms with Gasteiger partial charge in [0.25, 0.3) is 15.9 Å². The van der Waals surface area contributed by atoms with E-state index in [0.717, 1.165) is 13.0 Å². The molecule has 0 saturated carbocycles. The van der Waals surface area contributed by atoms with E-state index in [-0.39, 0.29) is 50.5 Å². The molecule has 0 aromatic heterocycles. The average Bonchev–Trinajstić information content (AvgIpc) is 3.25. The van der Waals surface area contributed by atoms with Crippen LogP contribution in [0.1, 0.15) is 46.5 Å². The maximum atomic E-state index is 13.7. The molecule has 1 heterocycles. The topological polar surface area (TPSA) is 165 Å².